The molecule has 0 aliphatic carbocycles. The molecule has 0 aromatic heterocycles. The summed E-state index contributed by atoms with van der Waals surface area (Å²) in [7, 11) is 0. The van der Waals surface area contributed by atoms with E-state index in [9.17, 15) is 9.59 Å². The Morgan fingerprint density at radius 1 is 1.06 bits per heavy atom. The van der Waals surface area contributed by atoms with Gasteiger partial charge in [0.2, 0.25) is 0 Å². The molecule has 0 radical (unpaired) electrons. The van der Waals surface area contributed by atoms with Crippen LogP contribution in [0.25, 0.3) is 0 Å². The van der Waals surface area contributed by atoms with Crippen LogP contribution in [-0.4, -0.2) is 29.6 Å². The Morgan fingerprint density at radius 2 is 1.44 bits per heavy atom. The summed E-state index contributed by atoms with van der Waals surface area (Å²) in [5.74, 6) is -2.46. The lowest BCUT2D eigenvalue weighted by atomic mass is 10.0. The van der Waals surface area contributed by atoms with Crippen molar-refractivity contribution in [3.63, 3.8) is 0 Å². The maximum absolute atomic E-state index is 11.9. The van der Waals surface area contributed by atoms with Crippen LogP contribution >= 0.6 is 0 Å². The molecule has 0 spiro atoms. The Hall–Kier alpha value is -0.740. The molecule has 0 N–H and O–H groups in total. The third-order valence-corrected chi connectivity index (χ3v) is 1.96. The number of rotatable bonds is 7. The molecule has 0 fully saturated rings. The molecule has 0 rings (SSSR count). The first-order valence-corrected chi connectivity index (χ1v) is 5.66. The van der Waals surface area contributed by atoms with Gasteiger partial charge in [-0.3, -0.25) is 9.59 Å². The van der Waals surface area contributed by atoms with Crippen molar-refractivity contribution < 1.29 is 19.1 Å². The van der Waals surface area contributed by atoms with E-state index >= 15 is 0 Å². The zero-order valence-corrected chi connectivity index (χ0v) is 11.0. The molecule has 0 bridgehead atoms. The van der Waals surface area contributed by atoms with Crippen LogP contribution in [0.4, 0.5) is 0 Å². The van der Waals surface area contributed by atoms with Gasteiger partial charge in [0.1, 0.15) is 0 Å². The summed E-state index contributed by atoms with van der Waals surface area (Å²) < 4.78 is 10.9. The van der Waals surface area contributed by atoms with E-state index < -0.39 is 11.6 Å². The Labute approximate surface area is 97.3 Å². The van der Waals surface area contributed by atoms with Gasteiger partial charge in [0, 0.05) is 13.3 Å². The number of hydrogen-bond acceptors (Lipinski definition) is 4. The van der Waals surface area contributed by atoms with Crippen molar-refractivity contribution in [3.05, 3.63) is 0 Å². The third kappa shape index (κ3) is 3.68. The molecule has 4 nitrogen and oxygen atoms in total. The molecule has 4 heteroatoms. The number of Topliss-reactive ketones (excluding diaryl/α,β-unsaturated/α-hetero) is 2. The van der Waals surface area contributed by atoms with Crippen LogP contribution in [0.1, 0.15) is 48.0 Å². The van der Waals surface area contributed by atoms with Crippen molar-refractivity contribution >= 4 is 11.6 Å². The van der Waals surface area contributed by atoms with E-state index in [4.69, 9.17) is 9.47 Å². The first kappa shape index (κ1) is 15.3. The lowest BCUT2D eigenvalue weighted by Crippen LogP contribution is -2.53. The standard InChI is InChI=1S/C12H22O4/c1-7-11(14)12(10(6)13,15-8(2)3)16-9(4)5/h8-9H,7H2,1-6H3. The maximum atomic E-state index is 11.9. The van der Waals surface area contributed by atoms with Crippen molar-refractivity contribution in [2.45, 2.75) is 66.0 Å². The topological polar surface area (TPSA) is 52.6 Å². The molecule has 0 heterocycles. The Bertz CT molecular complexity index is 246. The summed E-state index contributed by atoms with van der Waals surface area (Å²) in [5.41, 5.74) is 0. The molecule has 94 valence electrons. The molecule has 16 heavy (non-hydrogen) atoms. The fourth-order valence-electron chi connectivity index (χ4n) is 1.42. The van der Waals surface area contributed by atoms with Gasteiger partial charge in [-0.05, 0) is 27.7 Å². The summed E-state index contributed by atoms with van der Waals surface area (Å²) in [6, 6.07) is 0. The highest BCUT2D eigenvalue weighted by atomic mass is 16.7. The quantitative estimate of drug-likeness (QED) is 0.496. The fourth-order valence-corrected chi connectivity index (χ4v) is 1.42. The molecule has 0 saturated carbocycles. The maximum Gasteiger partial charge on any atom is 0.290 e. The predicted molar refractivity (Wildman–Crippen MR) is 61.2 cm³/mol. The monoisotopic (exact) mass is 230 g/mol. The second-order valence-corrected chi connectivity index (χ2v) is 4.28. The molecule has 0 unspecified atom stereocenters. The van der Waals surface area contributed by atoms with Crippen molar-refractivity contribution in [1.82, 2.24) is 0 Å². The molecule has 0 aliphatic rings. The van der Waals surface area contributed by atoms with E-state index in [0.29, 0.717) is 0 Å². The molecule has 0 atom stereocenters. The van der Waals surface area contributed by atoms with Crippen LogP contribution in [0.2, 0.25) is 0 Å². The number of ether oxygens (including phenoxy) is 2. The number of hydrogen-bond donors (Lipinski definition) is 0. The highest BCUT2D eigenvalue weighted by molar-refractivity contribution is 6.07. The molecule has 0 aromatic carbocycles. The van der Waals surface area contributed by atoms with Gasteiger partial charge in [-0.25, -0.2) is 0 Å². The number of ketones is 2. The van der Waals surface area contributed by atoms with E-state index in [-0.39, 0.29) is 24.4 Å². The molecule has 0 aromatic rings. The van der Waals surface area contributed by atoms with Crippen molar-refractivity contribution in [1.29, 1.82) is 0 Å². The highest BCUT2D eigenvalue weighted by Gasteiger charge is 2.46. The van der Waals surface area contributed by atoms with E-state index in [0.717, 1.165) is 0 Å². The van der Waals surface area contributed by atoms with Gasteiger partial charge in [0.05, 0.1) is 12.2 Å². The smallest absolute Gasteiger partial charge is 0.290 e. The van der Waals surface area contributed by atoms with Crippen molar-refractivity contribution in [2.24, 2.45) is 0 Å². The van der Waals surface area contributed by atoms with E-state index in [1.165, 1.54) is 6.92 Å². The minimum absolute atomic E-state index is 0.207. The SMILES string of the molecule is CCC(=O)C(OC(C)C)(OC(C)C)C(C)=O. The van der Waals surface area contributed by atoms with Gasteiger partial charge in [-0.2, -0.15) is 0 Å². The largest absolute Gasteiger partial charge is 0.335 e. The van der Waals surface area contributed by atoms with Crippen LogP contribution in [0.5, 0.6) is 0 Å². The van der Waals surface area contributed by atoms with Gasteiger partial charge in [0.15, 0.2) is 11.6 Å². The molecular formula is C12H22O4. The van der Waals surface area contributed by atoms with Gasteiger partial charge in [-0.1, -0.05) is 6.92 Å². The zero-order valence-electron chi connectivity index (χ0n) is 11.0. The molecule has 0 amide bonds. The van der Waals surface area contributed by atoms with E-state index in [2.05, 4.69) is 0 Å². The molecular weight excluding hydrogens is 208 g/mol. The fraction of sp³-hybridized carbons (Fsp3) is 0.833. The predicted octanol–water partition coefficient (Wildman–Crippen LogP) is 2.10. The first-order valence-electron chi connectivity index (χ1n) is 5.66. The highest BCUT2D eigenvalue weighted by Crippen LogP contribution is 2.22. The van der Waals surface area contributed by atoms with Crippen LogP contribution in [0.3, 0.4) is 0 Å². The van der Waals surface area contributed by atoms with E-state index in [1.807, 2.05) is 0 Å². The Morgan fingerprint density at radius 3 is 1.62 bits per heavy atom. The summed E-state index contributed by atoms with van der Waals surface area (Å²) in [6.45, 7) is 10.1. The van der Waals surface area contributed by atoms with Crippen LogP contribution in [-0.2, 0) is 19.1 Å². The normalized spacial score (nSPS) is 12.2. The van der Waals surface area contributed by atoms with Gasteiger partial charge in [-0.15, -0.1) is 0 Å². The van der Waals surface area contributed by atoms with Gasteiger partial charge >= 0.3 is 0 Å². The summed E-state index contributed by atoms with van der Waals surface area (Å²) in [6.07, 6.45) is -0.296. The number of carbonyl (C=O) groups is 2. The third-order valence-electron chi connectivity index (χ3n) is 1.96. The summed E-state index contributed by atoms with van der Waals surface area (Å²) >= 11 is 0. The second kappa shape index (κ2) is 6.11. The average molecular weight is 230 g/mol. The van der Waals surface area contributed by atoms with Crippen LogP contribution in [0.15, 0.2) is 0 Å². The Balaban J connectivity index is 5.21. The number of carbonyl (C=O) groups excluding carboxylic acids is 2. The lowest BCUT2D eigenvalue weighted by Gasteiger charge is -2.33. The van der Waals surface area contributed by atoms with Crippen molar-refractivity contribution in [2.75, 3.05) is 0 Å². The summed E-state index contributed by atoms with van der Waals surface area (Å²) in [5, 5.41) is 0. The van der Waals surface area contributed by atoms with Crippen molar-refractivity contribution in [3.8, 4) is 0 Å². The van der Waals surface area contributed by atoms with Gasteiger partial charge < -0.3 is 9.47 Å². The second-order valence-electron chi connectivity index (χ2n) is 4.28. The zero-order chi connectivity index (χ0) is 12.9. The minimum Gasteiger partial charge on any atom is -0.335 e. The Kier molecular flexibility index (Phi) is 5.83. The van der Waals surface area contributed by atoms with Crippen LogP contribution < -0.4 is 0 Å². The van der Waals surface area contributed by atoms with Gasteiger partial charge in [0.25, 0.3) is 5.79 Å². The molecule has 0 saturated heterocycles. The minimum atomic E-state index is -1.73. The molecule has 0 aliphatic heterocycles. The summed E-state index contributed by atoms with van der Waals surface area (Å²) in [4.78, 5) is 23.5. The van der Waals surface area contributed by atoms with Crippen LogP contribution in [0, 0.1) is 0 Å². The lowest BCUT2D eigenvalue weighted by molar-refractivity contribution is -0.243. The average Bonchev–Trinajstić information content (AvgIpc) is 2.13. The van der Waals surface area contributed by atoms with E-state index in [1.54, 1.807) is 34.6 Å². The first-order chi connectivity index (χ1) is 7.26.